The van der Waals surface area contributed by atoms with E-state index in [0.29, 0.717) is 5.56 Å². The van der Waals surface area contributed by atoms with Gasteiger partial charge in [0, 0.05) is 37.0 Å². The van der Waals surface area contributed by atoms with Crippen LogP contribution in [0.5, 0.6) is 0 Å². The summed E-state index contributed by atoms with van der Waals surface area (Å²) in [6.45, 7) is 0.781. The van der Waals surface area contributed by atoms with Crippen LogP contribution in [0.4, 0.5) is 0 Å². The highest BCUT2D eigenvalue weighted by atomic mass is 16.2. The van der Waals surface area contributed by atoms with Crippen LogP contribution in [-0.2, 0) is 0 Å². The molecule has 0 aliphatic carbocycles. The van der Waals surface area contributed by atoms with E-state index >= 15 is 0 Å². The monoisotopic (exact) mass is 292 g/mol. The second kappa shape index (κ2) is 5.26. The average Bonchev–Trinajstić information content (AvgIpc) is 3.23. The number of rotatable bonds is 2. The zero-order valence-electron chi connectivity index (χ0n) is 12.1. The van der Waals surface area contributed by atoms with E-state index in [4.69, 9.17) is 0 Å². The fourth-order valence-corrected chi connectivity index (χ4v) is 3.21. The van der Waals surface area contributed by atoms with Crippen molar-refractivity contribution in [3.8, 4) is 0 Å². The molecule has 110 valence electrons. The number of hydrogen-bond donors (Lipinski definition) is 0. The summed E-state index contributed by atoms with van der Waals surface area (Å²) >= 11 is 0. The number of carbonyl (C=O) groups is 1. The van der Waals surface area contributed by atoms with Crippen molar-refractivity contribution in [1.82, 2.24) is 19.3 Å². The maximum atomic E-state index is 12.8. The summed E-state index contributed by atoms with van der Waals surface area (Å²) in [5.41, 5.74) is 2.68. The Kier molecular flexibility index (Phi) is 3.11. The van der Waals surface area contributed by atoms with Crippen LogP contribution in [0, 0.1) is 0 Å². The van der Waals surface area contributed by atoms with E-state index in [0.717, 1.165) is 30.7 Å². The summed E-state index contributed by atoms with van der Waals surface area (Å²) in [7, 11) is 0. The summed E-state index contributed by atoms with van der Waals surface area (Å²) < 4.78 is 2.07. The molecule has 1 saturated heterocycles. The molecule has 0 aromatic carbocycles. The number of imidazole rings is 1. The van der Waals surface area contributed by atoms with Crippen LogP contribution in [0.25, 0.3) is 5.65 Å². The van der Waals surface area contributed by atoms with Crippen molar-refractivity contribution >= 4 is 11.6 Å². The number of hydrogen-bond acceptors (Lipinski definition) is 3. The predicted molar refractivity (Wildman–Crippen MR) is 82.4 cm³/mol. The van der Waals surface area contributed by atoms with Crippen molar-refractivity contribution in [3.63, 3.8) is 0 Å². The van der Waals surface area contributed by atoms with Crippen LogP contribution in [-0.4, -0.2) is 31.7 Å². The van der Waals surface area contributed by atoms with Gasteiger partial charge in [-0.15, -0.1) is 0 Å². The fourth-order valence-electron chi connectivity index (χ4n) is 3.21. The average molecular weight is 292 g/mol. The highest BCUT2D eigenvalue weighted by molar-refractivity contribution is 5.94. The molecule has 1 aliphatic heterocycles. The molecule has 0 unspecified atom stereocenters. The van der Waals surface area contributed by atoms with E-state index in [1.165, 1.54) is 0 Å². The first-order valence-electron chi connectivity index (χ1n) is 7.47. The van der Waals surface area contributed by atoms with Crippen molar-refractivity contribution < 1.29 is 4.79 Å². The molecule has 1 fully saturated rings. The first kappa shape index (κ1) is 13.0. The Bertz CT molecular complexity index is 812. The molecule has 1 amide bonds. The van der Waals surface area contributed by atoms with Gasteiger partial charge in [-0.05, 0) is 37.1 Å². The Morgan fingerprint density at radius 3 is 3.00 bits per heavy atom. The maximum Gasteiger partial charge on any atom is 0.255 e. The zero-order chi connectivity index (χ0) is 14.9. The summed E-state index contributed by atoms with van der Waals surface area (Å²) in [5, 5.41) is 0. The van der Waals surface area contributed by atoms with Gasteiger partial charge in [-0.2, -0.15) is 0 Å². The zero-order valence-corrected chi connectivity index (χ0v) is 12.1. The van der Waals surface area contributed by atoms with E-state index in [1.54, 1.807) is 24.7 Å². The molecule has 0 bridgehead atoms. The van der Waals surface area contributed by atoms with Gasteiger partial charge in [0.2, 0.25) is 0 Å². The van der Waals surface area contributed by atoms with Crippen LogP contribution < -0.4 is 0 Å². The number of aromatic nitrogens is 3. The van der Waals surface area contributed by atoms with Crippen LogP contribution in [0.2, 0.25) is 0 Å². The summed E-state index contributed by atoms with van der Waals surface area (Å²) in [4.78, 5) is 23.1. The van der Waals surface area contributed by atoms with Gasteiger partial charge in [0.05, 0.1) is 11.6 Å². The molecular weight excluding hydrogens is 276 g/mol. The van der Waals surface area contributed by atoms with Crippen LogP contribution in [0.15, 0.2) is 55.1 Å². The lowest BCUT2D eigenvalue weighted by atomic mass is 10.1. The molecule has 1 atom stereocenters. The predicted octanol–water partition coefficient (Wildman–Crippen LogP) is 2.71. The number of likely N-dealkylation sites (tertiary alicyclic amines) is 1. The molecule has 5 heteroatoms. The quantitative estimate of drug-likeness (QED) is 0.729. The minimum absolute atomic E-state index is 0.0488. The molecule has 4 rings (SSSR count). The number of amides is 1. The summed E-state index contributed by atoms with van der Waals surface area (Å²) in [5.74, 6) is 0.0488. The number of pyridine rings is 2. The Hall–Kier alpha value is -2.69. The highest BCUT2D eigenvalue weighted by Crippen LogP contribution is 2.33. The van der Waals surface area contributed by atoms with Gasteiger partial charge >= 0.3 is 0 Å². The Balaban J connectivity index is 1.72. The molecule has 22 heavy (non-hydrogen) atoms. The van der Waals surface area contributed by atoms with Gasteiger partial charge in [-0.25, -0.2) is 4.98 Å². The normalized spacial score (nSPS) is 18.0. The Morgan fingerprint density at radius 2 is 2.14 bits per heavy atom. The molecule has 0 N–H and O–H groups in total. The Labute approximate surface area is 128 Å². The molecule has 0 spiro atoms. The molecule has 5 nitrogen and oxygen atoms in total. The van der Waals surface area contributed by atoms with Gasteiger partial charge < -0.3 is 9.30 Å². The third kappa shape index (κ3) is 2.06. The number of carbonyl (C=O) groups excluding carboxylic acids is 1. The van der Waals surface area contributed by atoms with E-state index in [2.05, 4.69) is 20.4 Å². The number of fused-ring (bicyclic) bond motifs is 1. The van der Waals surface area contributed by atoms with E-state index < -0.39 is 0 Å². The first-order valence-corrected chi connectivity index (χ1v) is 7.47. The standard InChI is InChI=1S/C17H16N4O/c22-17(13-4-2-8-18-12-13)21-10-3-6-15(21)14-5-1-7-16-19-9-11-20(14)16/h1-2,4-5,7-9,11-12,15H,3,6,10H2/t15-/m1/s1. The SMILES string of the molecule is O=C(c1cccnc1)N1CCC[C@@H]1c1cccc2nccn12. The van der Waals surface area contributed by atoms with Crippen molar-refractivity contribution in [2.45, 2.75) is 18.9 Å². The molecule has 3 aromatic heterocycles. The molecule has 1 aliphatic rings. The largest absolute Gasteiger partial charge is 0.330 e. The van der Waals surface area contributed by atoms with Crippen molar-refractivity contribution in [2.75, 3.05) is 6.54 Å². The van der Waals surface area contributed by atoms with Crippen molar-refractivity contribution in [3.05, 3.63) is 66.4 Å². The lowest BCUT2D eigenvalue weighted by molar-refractivity contribution is 0.0732. The minimum atomic E-state index is 0.0488. The van der Waals surface area contributed by atoms with Gasteiger partial charge in [0.15, 0.2) is 0 Å². The Morgan fingerprint density at radius 1 is 1.18 bits per heavy atom. The van der Waals surface area contributed by atoms with Gasteiger partial charge in [-0.3, -0.25) is 9.78 Å². The minimum Gasteiger partial charge on any atom is -0.330 e. The van der Waals surface area contributed by atoms with E-state index in [-0.39, 0.29) is 11.9 Å². The third-order valence-corrected chi connectivity index (χ3v) is 4.22. The molecule has 0 radical (unpaired) electrons. The van der Waals surface area contributed by atoms with Crippen LogP contribution in [0.1, 0.15) is 34.9 Å². The van der Waals surface area contributed by atoms with E-state index in [1.807, 2.05) is 29.3 Å². The van der Waals surface area contributed by atoms with Gasteiger partial charge in [0.1, 0.15) is 5.65 Å². The lowest BCUT2D eigenvalue weighted by Gasteiger charge is -2.25. The second-order valence-corrected chi connectivity index (χ2v) is 5.50. The third-order valence-electron chi connectivity index (χ3n) is 4.22. The lowest BCUT2D eigenvalue weighted by Crippen LogP contribution is -2.31. The molecule has 4 heterocycles. The maximum absolute atomic E-state index is 12.8. The molecular formula is C17H16N4O. The van der Waals surface area contributed by atoms with Crippen molar-refractivity contribution in [2.24, 2.45) is 0 Å². The highest BCUT2D eigenvalue weighted by Gasteiger charge is 2.31. The van der Waals surface area contributed by atoms with Crippen LogP contribution in [0.3, 0.4) is 0 Å². The van der Waals surface area contributed by atoms with Crippen LogP contribution >= 0.6 is 0 Å². The molecule has 3 aromatic rings. The van der Waals surface area contributed by atoms with Gasteiger partial charge in [-0.1, -0.05) is 6.07 Å². The van der Waals surface area contributed by atoms with Crippen molar-refractivity contribution in [1.29, 1.82) is 0 Å². The fraction of sp³-hybridized carbons (Fsp3) is 0.235. The smallest absolute Gasteiger partial charge is 0.255 e. The molecule has 0 saturated carbocycles. The van der Waals surface area contributed by atoms with Gasteiger partial charge in [0.25, 0.3) is 5.91 Å². The number of nitrogens with zero attached hydrogens (tertiary/aromatic N) is 4. The second-order valence-electron chi connectivity index (χ2n) is 5.50. The summed E-state index contributed by atoms with van der Waals surface area (Å²) in [6, 6.07) is 9.77. The topological polar surface area (TPSA) is 50.5 Å². The summed E-state index contributed by atoms with van der Waals surface area (Å²) in [6.07, 6.45) is 9.06. The van der Waals surface area contributed by atoms with E-state index in [9.17, 15) is 4.79 Å². The first-order chi connectivity index (χ1) is 10.8.